The molecule has 0 unspecified atom stereocenters. The third kappa shape index (κ3) is 2.94. The number of nitrogens with zero attached hydrogens (tertiary/aromatic N) is 2. The second-order valence-corrected chi connectivity index (χ2v) is 5.25. The topological polar surface area (TPSA) is 64.9 Å². The van der Waals surface area contributed by atoms with Gasteiger partial charge in [-0.25, -0.2) is 0 Å². The molecule has 0 fully saturated rings. The number of nitrogen functional groups attached to an aromatic ring is 1. The van der Waals surface area contributed by atoms with Gasteiger partial charge in [-0.3, -0.25) is 0 Å². The van der Waals surface area contributed by atoms with Crippen molar-refractivity contribution in [2.45, 2.75) is 20.3 Å². The van der Waals surface area contributed by atoms with Crippen molar-refractivity contribution in [3.05, 3.63) is 65.0 Å². The van der Waals surface area contributed by atoms with Gasteiger partial charge < -0.3 is 10.3 Å². The first kappa shape index (κ1) is 13.4. The highest BCUT2D eigenvalue weighted by atomic mass is 16.5. The van der Waals surface area contributed by atoms with Crippen LogP contribution in [0.4, 0.5) is 5.69 Å². The Labute approximate surface area is 123 Å². The van der Waals surface area contributed by atoms with Gasteiger partial charge in [0, 0.05) is 11.3 Å². The lowest BCUT2D eigenvalue weighted by atomic mass is 10.1. The van der Waals surface area contributed by atoms with E-state index < -0.39 is 0 Å². The van der Waals surface area contributed by atoms with Crippen LogP contribution in [0.5, 0.6) is 0 Å². The molecule has 0 radical (unpaired) electrons. The fourth-order valence-corrected chi connectivity index (χ4v) is 2.10. The predicted octanol–water partition coefficient (Wildman–Crippen LogP) is 3.53. The second-order valence-electron chi connectivity index (χ2n) is 5.25. The van der Waals surface area contributed by atoms with E-state index in [0.29, 0.717) is 18.1 Å². The summed E-state index contributed by atoms with van der Waals surface area (Å²) < 4.78 is 5.32. The van der Waals surface area contributed by atoms with Crippen molar-refractivity contribution in [3.8, 4) is 11.4 Å². The summed E-state index contributed by atoms with van der Waals surface area (Å²) in [4.78, 5) is 4.44. The molecule has 1 heterocycles. The summed E-state index contributed by atoms with van der Waals surface area (Å²) in [6, 6.07) is 14.1. The number of nitrogens with two attached hydrogens (primary N) is 1. The van der Waals surface area contributed by atoms with E-state index >= 15 is 0 Å². The smallest absolute Gasteiger partial charge is 0.231 e. The number of aromatic nitrogens is 2. The third-order valence-electron chi connectivity index (χ3n) is 3.48. The SMILES string of the molecule is Cc1ccc(Cc2nc(-c3ccc(C)c(N)c3)no2)cc1. The van der Waals surface area contributed by atoms with Gasteiger partial charge in [-0.1, -0.05) is 47.1 Å². The Bertz CT molecular complexity index is 760. The minimum atomic E-state index is 0.573. The van der Waals surface area contributed by atoms with Crippen molar-refractivity contribution in [3.63, 3.8) is 0 Å². The highest BCUT2D eigenvalue weighted by Crippen LogP contribution is 2.21. The van der Waals surface area contributed by atoms with E-state index in [-0.39, 0.29) is 0 Å². The van der Waals surface area contributed by atoms with Crippen molar-refractivity contribution in [1.29, 1.82) is 0 Å². The van der Waals surface area contributed by atoms with Crippen LogP contribution < -0.4 is 5.73 Å². The van der Waals surface area contributed by atoms with Gasteiger partial charge in [0.05, 0.1) is 6.42 Å². The van der Waals surface area contributed by atoms with Gasteiger partial charge in [-0.05, 0) is 31.0 Å². The van der Waals surface area contributed by atoms with E-state index in [1.165, 1.54) is 5.56 Å². The first-order chi connectivity index (χ1) is 10.1. The molecular formula is C17H17N3O. The zero-order valence-electron chi connectivity index (χ0n) is 12.1. The van der Waals surface area contributed by atoms with Gasteiger partial charge in [-0.2, -0.15) is 4.98 Å². The van der Waals surface area contributed by atoms with E-state index in [0.717, 1.165) is 22.4 Å². The first-order valence-corrected chi connectivity index (χ1v) is 6.86. The lowest BCUT2D eigenvalue weighted by Crippen LogP contribution is -1.91. The van der Waals surface area contributed by atoms with Crippen molar-refractivity contribution in [2.75, 3.05) is 5.73 Å². The summed E-state index contributed by atoms with van der Waals surface area (Å²) in [6.45, 7) is 4.04. The van der Waals surface area contributed by atoms with Crippen LogP contribution in [0, 0.1) is 13.8 Å². The molecule has 4 heteroatoms. The maximum Gasteiger partial charge on any atom is 0.231 e. The molecule has 0 aliphatic rings. The molecule has 3 aromatic rings. The van der Waals surface area contributed by atoms with Crippen molar-refractivity contribution >= 4 is 5.69 Å². The average Bonchev–Trinajstić information content (AvgIpc) is 2.93. The molecule has 0 atom stereocenters. The monoisotopic (exact) mass is 279 g/mol. The standard InChI is InChI=1S/C17H17N3O/c1-11-3-6-13(7-4-11)9-16-19-17(20-21-16)14-8-5-12(2)15(18)10-14/h3-8,10H,9,18H2,1-2H3. The van der Waals surface area contributed by atoms with E-state index in [1.807, 2.05) is 25.1 Å². The van der Waals surface area contributed by atoms with Gasteiger partial charge in [0.1, 0.15) is 0 Å². The molecule has 21 heavy (non-hydrogen) atoms. The molecule has 2 aromatic carbocycles. The molecule has 4 nitrogen and oxygen atoms in total. The number of benzene rings is 2. The summed E-state index contributed by atoms with van der Waals surface area (Å²) in [5.74, 6) is 1.18. The zero-order chi connectivity index (χ0) is 14.8. The van der Waals surface area contributed by atoms with Crippen molar-refractivity contribution < 1.29 is 4.52 Å². The van der Waals surface area contributed by atoms with Crippen LogP contribution in [0.15, 0.2) is 47.0 Å². The molecule has 0 amide bonds. The molecule has 1 aromatic heterocycles. The molecule has 106 valence electrons. The Morgan fingerprint density at radius 3 is 2.52 bits per heavy atom. The van der Waals surface area contributed by atoms with Crippen molar-refractivity contribution in [1.82, 2.24) is 10.1 Å². The molecule has 3 rings (SSSR count). The second kappa shape index (κ2) is 5.40. The Kier molecular flexibility index (Phi) is 3.44. The van der Waals surface area contributed by atoms with Crippen LogP contribution in [0.2, 0.25) is 0 Å². The molecule has 0 bridgehead atoms. The Morgan fingerprint density at radius 2 is 1.81 bits per heavy atom. The van der Waals surface area contributed by atoms with Gasteiger partial charge in [-0.15, -0.1) is 0 Å². The largest absolute Gasteiger partial charge is 0.398 e. The summed E-state index contributed by atoms with van der Waals surface area (Å²) in [7, 11) is 0. The number of hydrogen-bond donors (Lipinski definition) is 1. The van der Waals surface area contributed by atoms with Crippen LogP contribution in [0.25, 0.3) is 11.4 Å². The van der Waals surface area contributed by atoms with Crippen LogP contribution >= 0.6 is 0 Å². The Balaban J connectivity index is 1.82. The third-order valence-corrected chi connectivity index (χ3v) is 3.48. The maximum atomic E-state index is 5.92. The molecule has 0 saturated heterocycles. The highest BCUT2D eigenvalue weighted by Gasteiger charge is 2.10. The summed E-state index contributed by atoms with van der Waals surface area (Å²) in [5.41, 5.74) is 11.0. The Hall–Kier alpha value is -2.62. The van der Waals surface area contributed by atoms with E-state index in [4.69, 9.17) is 10.3 Å². The summed E-state index contributed by atoms with van der Waals surface area (Å²) >= 11 is 0. The quantitative estimate of drug-likeness (QED) is 0.745. The van der Waals surface area contributed by atoms with E-state index in [2.05, 4.69) is 41.3 Å². The molecule has 2 N–H and O–H groups in total. The number of rotatable bonds is 3. The average molecular weight is 279 g/mol. The maximum absolute atomic E-state index is 5.92. The number of hydrogen-bond acceptors (Lipinski definition) is 4. The molecule has 0 spiro atoms. The minimum Gasteiger partial charge on any atom is -0.398 e. The molecule has 0 aliphatic heterocycles. The van der Waals surface area contributed by atoms with Crippen LogP contribution in [0.1, 0.15) is 22.6 Å². The first-order valence-electron chi connectivity index (χ1n) is 6.86. The van der Waals surface area contributed by atoms with E-state index in [1.54, 1.807) is 0 Å². The fraction of sp³-hybridized carbons (Fsp3) is 0.176. The van der Waals surface area contributed by atoms with Crippen molar-refractivity contribution in [2.24, 2.45) is 0 Å². The summed E-state index contributed by atoms with van der Waals surface area (Å²) in [5, 5.41) is 4.03. The van der Waals surface area contributed by atoms with Gasteiger partial charge >= 0.3 is 0 Å². The van der Waals surface area contributed by atoms with Gasteiger partial charge in [0.15, 0.2) is 0 Å². The molecule has 0 aliphatic carbocycles. The summed E-state index contributed by atoms with van der Waals surface area (Å²) in [6.07, 6.45) is 0.634. The van der Waals surface area contributed by atoms with E-state index in [9.17, 15) is 0 Å². The minimum absolute atomic E-state index is 0.573. The van der Waals surface area contributed by atoms with Gasteiger partial charge in [0.2, 0.25) is 11.7 Å². The zero-order valence-corrected chi connectivity index (χ0v) is 12.1. The number of anilines is 1. The van der Waals surface area contributed by atoms with Crippen LogP contribution in [-0.2, 0) is 6.42 Å². The lowest BCUT2D eigenvalue weighted by Gasteiger charge is -2.00. The lowest BCUT2D eigenvalue weighted by molar-refractivity contribution is 0.385. The fourth-order valence-electron chi connectivity index (χ4n) is 2.10. The van der Waals surface area contributed by atoms with Crippen LogP contribution in [-0.4, -0.2) is 10.1 Å². The Morgan fingerprint density at radius 1 is 1.05 bits per heavy atom. The molecular weight excluding hydrogens is 262 g/mol. The molecule has 0 saturated carbocycles. The predicted molar refractivity (Wildman–Crippen MR) is 82.9 cm³/mol. The number of aryl methyl sites for hydroxylation is 2. The normalized spacial score (nSPS) is 10.8. The van der Waals surface area contributed by atoms with Gasteiger partial charge in [0.25, 0.3) is 0 Å². The highest BCUT2D eigenvalue weighted by molar-refractivity contribution is 5.63. The van der Waals surface area contributed by atoms with Crippen LogP contribution in [0.3, 0.4) is 0 Å².